The molecule has 2 atom stereocenters. The van der Waals surface area contributed by atoms with Crippen molar-refractivity contribution in [2.45, 2.75) is 66.2 Å². The van der Waals surface area contributed by atoms with Crippen molar-refractivity contribution < 1.29 is 46.1 Å². The molecule has 2 rings (SSSR count). The van der Waals surface area contributed by atoms with Crippen molar-refractivity contribution in [2.24, 2.45) is 10.6 Å². The van der Waals surface area contributed by atoms with Crippen LogP contribution in [0.25, 0.3) is 0 Å². The number of esters is 2. The molecule has 0 aliphatic carbocycles. The fourth-order valence-corrected chi connectivity index (χ4v) is 5.04. The molecule has 1 fully saturated rings. The number of β-lactam (4-membered cyclic amide) rings is 1. The Morgan fingerprint density at radius 1 is 1.15 bits per heavy atom. The molecule has 1 aromatic heterocycles. The summed E-state index contributed by atoms with van der Waals surface area (Å²) in [6.45, 7) is 9.84. The second kappa shape index (κ2) is 12.3. The van der Waals surface area contributed by atoms with Crippen molar-refractivity contribution in [3.05, 3.63) is 11.1 Å². The van der Waals surface area contributed by atoms with E-state index in [1.807, 2.05) is 0 Å². The standard InChI is InChI=1S/C22H33N5O10S2/c1-8-34-18(30)21(4,5)11-36-39(32,33)27-12(3)14(17(27)29)25-16(28)15(13-10-38-20(23)24-13)26-37-22(6,7)19(31)35-9-2/h10,12,14H,8-9,11H2,1-7H3,(H2,23,24)(H,25,28)/b26-15+/t12-,14-/m0/s1. The Hall–Kier alpha value is -3.31. The molecule has 218 valence electrons. The molecule has 0 aromatic carbocycles. The molecule has 0 unspecified atom stereocenters. The average Bonchev–Trinajstić information content (AvgIpc) is 3.27. The lowest BCUT2D eigenvalue weighted by Gasteiger charge is -2.43. The Balaban J connectivity index is 2.17. The molecule has 0 bridgehead atoms. The van der Waals surface area contributed by atoms with Crippen molar-refractivity contribution >= 4 is 56.2 Å². The highest BCUT2D eigenvalue weighted by atomic mass is 32.2. The number of nitrogens with two attached hydrogens (primary N) is 1. The summed E-state index contributed by atoms with van der Waals surface area (Å²) >= 11 is 1.01. The lowest BCUT2D eigenvalue weighted by molar-refractivity contribution is -0.167. The van der Waals surface area contributed by atoms with Gasteiger partial charge in [0.05, 0.1) is 31.3 Å². The first kappa shape index (κ1) is 31.9. The van der Waals surface area contributed by atoms with Gasteiger partial charge in [-0.25, -0.2) is 14.1 Å². The molecule has 3 N–H and O–H groups in total. The lowest BCUT2D eigenvalue weighted by atomic mass is 9.95. The van der Waals surface area contributed by atoms with Gasteiger partial charge in [0.15, 0.2) is 10.8 Å². The Bertz CT molecular complexity index is 1240. The average molecular weight is 592 g/mol. The summed E-state index contributed by atoms with van der Waals surface area (Å²) in [5, 5.41) is 7.70. The van der Waals surface area contributed by atoms with Crippen LogP contribution in [0.4, 0.5) is 5.13 Å². The van der Waals surface area contributed by atoms with Crippen LogP contribution in [0.2, 0.25) is 0 Å². The first-order valence-electron chi connectivity index (χ1n) is 11.8. The highest BCUT2D eigenvalue weighted by Crippen LogP contribution is 2.27. The van der Waals surface area contributed by atoms with E-state index in [0.717, 1.165) is 11.3 Å². The molecular weight excluding hydrogens is 558 g/mol. The largest absolute Gasteiger partial charge is 0.466 e. The minimum absolute atomic E-state index is 0.00286. The van der Waals surface area contributed by atoms with Crippen LogP contribution < -0.4 is 11.1 Å². The van der Waals surface area contributed by atoms with E-state index in [9.17, 15) is 27.6 Å². The van der Waals surface area contributed by atoms with Crippen LogP contribution in [0.15, 0.2) is 10.5 Å². The Morgan fingerprint density at radius 2 is 1.74 bits per heavy atom. The fraction of sp³-hybridized carbons (Fsp3) is 0.636. The molecule has 1 saturated heterocycles. The zero-order valence-corrected chi connectivity index (χ0v) is 24.3. The van der Waals surface area contributed by atoms with Crippen molar-refractivity contribution in [3.63, 3.8) is 0 Å². The van der Waals surface area contributed by atoms with Gasteiger partial charge in [0, 0.05) is 5.38 Å². The van der Waals surface area contributed by atoms with Gasteiger partial charge >= 0.3 is 22.2 Å². The first-order chi connectivity index (χ1) is 18.0. The van der Waals surface area contributed by atoms with Gasteiger partial charge in [0.2, 0.25) is 5.60 Å². The summed E-state index contributed by atoms with van der Waals surface area (Å²) in [7, 11) is -4.59. The predicted octanol–water partition coefficient (Wildman–Crippen LogP) is 0.354. The fourth-order valence-electron chi connectivity index (χ4n) is 3.07. The number of hydrogen-bond acceptors (Lipinski definition) is 14. The van der Waals surface area contributed by atoms with Crippen LogP contribution in [0.3, 0.4) is 0 Å². The summed E-state index contributed by atoms with van der Waals surface area (Å²) in [6, 6.07) is -2.32. The van der Waals surface area contributed by atoms with Gasteiger partial charge in [-0.2, -0.15) is 8.42 Å². The molecular formula is C22H33N5O10S2. The van der Waals surface area contributed by atoms with E-state index < -0.39 is 69.5 Å². The van der Waals surface area contributed by atoms with Gasteiger partial charge in [-0.3, -0.25) is 18.6 Å². The molecule has 2 amide bonds. The van der Waals surface area contributed by atoms with E-state index in [1.54, 1.807) is 13.8 Å². The minimum atomic E-state index is -4.59. The van der Waals surface area contributed by atoms with Crippen molar-refractivity contribution in [2.75, 3.05) is 25.6 Å². The zero-order chi connectivity index (χ0) is 29.8. The molecule has 1 aliphatic heterocycles. The number of amides is 2. The lowest BCUT2D eigenvalue weighted by Crippen LogP contribution is -2.71. The monoisotopic (exact) mass is 591 g/mol. The third-order valence-corrected chi connectivity index (χ3v) is 7.46. The van der Waals surface area contributed by atoms with Crippen LogP contribution in [-0.4, -0.2) is 84.7 Å². The predicted molar refractivity (Wildman–Crippen MR) is 138 cm³/mol. The van der Waals surface area contributed by atoms with Gasteiger partial charge in [0.25, 0.3) is 11.8 Å². The van der Waals surface area contributed by atoms with Gasteiger partial charge in [-0.05, 0) is 48.5 Å². The molecule has 0 radical (unpaired) electrons. The molecule has 15 nitrogen and oxygen atoms in total. The Morgan fingerprint density at radius 3 is 2.26 bits per heavy atom. The van der Waals surface area contributed by atoms with E-state index in [1.165, 1.54) is 40.0 Å². The number of ether oxygens (including phenoxy) is 2. The number of carbonyl (C=O) groups excluding carboxylic acids is 4. The number of nitrogen functional groups attached to an aromatic ring is 1. The summed E-state index contributed by atoms with van der Waals surface area (Å²) in [5.74, 6) is -3.32. The van der Waals surface area contributed by atoms with Crippen molar-refractivity contribution in [3.8, 4) is 0 Å². The molecule has 39 heavy (non-hydrogen) atoms. The minimum Gasteiger partial charge on any atom is -0.466 e. The third kappa shape index (κ3) is 7.42. The summed E-state index contributed by atoms with van der Waals surface area (Å²) in [5.41, 5.74) is 2.39. The number of oxime groups is 1. The highest BCUT2D eigenvalue weighted by Gasteiger charge is 2.53. The molecule has 17 heteroatoms. The highest BCUT2D eigenvalue weighted by molar-refractivity contribution is 7.85. The van der Waals surface area contributed by atoms with Crippen molar-refractivity contribution in [1.29, 1.82) is 0 Å². The number of anilines is 1. The van der Waals surface area contributed by atoms with Crippen LogP contribution in [0.5, 0.6) is 0 Å². The number of nitrogens with zero attached hydrogens (tertiary/aromatic N) is 3. The number of aromatic nitrogens is 1. The van der Waals surface area contributed by atoms with Crippen LogP contribution in [-0.2, 0) is 48.0 Å². The van der Waals surface area contributed by atoms with E-state index in [-0.39, 0.29) is 24.0 Å². The molecule has 2 heterocycles. The SMILES string of the molecule is CCOC(=O)C(C)(C)COS(=O)(=O)N1C(=O)[C@@H](NC(=O)/C(=N/OC(C)(C)C(=O)OCC)c2csc(N)n2)[C@@H]1C. The topological polar surface area (TPSA) is 206 Å². The van der Waals surface area contributed by atoms with Crippen LogP contribution in [0, 0.1) is 5.41 Å². The zero-order valence-electron chi connectivity index (χ0n) is 22.7. The van der Waals surface area contributed by atoms with E-state index in [2.05, 4.69) is 15.5 Å². The second-order valence-electron chi connectivity index (χ2n) is 9.48. The van der Waals surface area contributed by atoms with Crippen molar-refractivity contribution in [1.82, 2.24) is 14.6 Å². The Labute approximate surface area is 230 Å². The van der Waals surface area contributed by atoms with E-state index in [0.29, 0.717) is 4.31 Å². The molecule has 0 spiro atoms. The third-order valence-electron chi connectivity index (χ3n) is 5.37. The number of nitrogens with one attached hydrogen (secondary N) is 1. The van der Waals surface area contributed by atoms with Gasteiger partial charge < -0.3 is 25.4 Å². The number of rotatable bonds is 13. The molecule has 0 saturated carbocycles. The number of carbonyl (C=O) groups is 4. The maximum Gasteiger partial charge on any atom is 0.365 e. The van der Waals surface area contributed by atoms with E-state index in [4.69, 9.17) is 24.2 Å². The smallest absolute Gasteiger partial charge is 0.365 e. The van der Waals surface area contributed by atoms with Gasteiger partial charge in [-0.1, -0.05) is 5.16 Å². The number of hydrogen-bond donors (Lipinski definition) is 2. The molecule has 1 aromatic rings. The number of thiazole rings is 1. The normalized spacial score (nSPS) is 18.3. The molecule has 1 aliphatic rings. The maximum absolute atomic E-state index is 13.1. The van der Waals surface area contributed by atoms with E-state index >= 15 is 0 Å². The Kier molecular flexibility index (Phi) is 10.0. The van der Waals surface area contributed by atoms with Gasteiger partial charge in [0.1, 0.15) is 11.7 Å². The summed E-state index contributed by atoms with van der Waals surface area (Å²) in [4.78, 5) is 59.3. The quantitative estimate of drug-likeness (QED) is 0.138. The second-order valence-corrected chi connectivity index (χ2v) is 11.9. The summed E-state index contributed by atoms with van der Waals surface area (Å²) < 4.78 is 40.6. The first-order valence-corrected chi connectivity index (χ1v) is 14.1. The van der Waals surface area contributed by atoms with Crippen LogP contribution in [0.1, 0.15) is 54.2 Å². The van der Waals surface area contributed by atoms with Gasteiger partial charge in [-0.15, -0.1) is 11.3 Å². The maximum atomic E-state index is 13.1. The van der Waals surface area contributed by atoms with Crippen LogP contribution >= 0.6 is 11.3 Å². The summed E-state index contributed by atoms with van der Waals surface area (Å²) in [6.07, 6.45) is 0.